The number of amides is 2. The molecule has 2 heterocycles. The van der Waals surface area contributed by atoms with Crippen molar-refractivity contribution in [3.05, 3.63) is 35.0 Å². The highest BCUT2D eigenvalue weighted by atomic mass is 16.3. The maximum absolute atomic E-state index is 12.7. The van der Waals surface area contributed by atoms with E-state index in [0.29, 0.717) is 25.4 Å². The van der Waals surface area contributed by atoms with Gasteiger partial charge in [0.2, 0.25) is 0 Å². The van der Waals surface area contributed by atoms with Crippen LogP contribution in [0.25, 0.3) is 10.9 Å². The fraction of sp³-hybridized carbons (Fsp3) is 0.625. The summed E-state index contributed by atoms with van der Waals surface area (Å²) in [6.45, 7) is 6.12. The number of aromatic amines is 1. The summed E-state index contributed by atoms with van der Waals surface area (Å²) in [7, 11) is 2.09. The van der Waals surface area contributed by atoms with Gasteiger partial charge >= 0.3 is 6.03 Å². The molecule has 0 bridgehead atoms. The number of hydrogen-bond acceptors (Lipinski definition) is 3. The van der Waals surface area contributed by atoms with Crippen LogP contribution in [0.1, 0.15) is 62.3 Å². The van der Waals surface area contributed by atoms with E-state index in [1.165, 1.54) is 35.9 Å². The lowest BCUT2D eigenvalue weighted by atomic mass is 9.69. The molecule has 1 saturated heterocycles. The maximum Gasteiger partial charge on any atom is 0.317 e. The van der Waals surface area contributed by atoms with Gasteiger partial charge in [0, 0.05) is 54.7 Å². The minimum atomic E-state index is -0.959. The quantitative estimate of drug-likeness (QED) is 0.724. The molecule has 1 aliphatic heterocycles. The van der Waals surface area contributed by atoms with E-state index < -0.39 is 5.60 Å². The lowest BCUT2D eigenvalue weighted by Crippen LogP contribution is -2.63. The molecule has 2 aromatic rings. The highest BCUT2D eigenvalue weighted by molar-refractivity contribution is 5.90. The van der Waals surface area contributed by atoms with E-state index >= 15 is 0 Å². The van der Waals surface area contributed by atoms with Crippen LogP contribution in [0.4, 0.5) is 4.79 Å². The Morgan fingerprint density at radius 3 is 2.77 bits per heavy atom. The molecule has 0 radical (unpaired) electrons. The van der Waals surface area contributed by atoms with Crippen molar-refractivity contribution in [3.63, 3.8) is 0 Å². The molecule has 2 amide bonds. The van der Waals surface area contributed by atoms with E-state index in [0.717, 1.165) is 24.0 Å². The van der Waals surface area contributed by atoms with Crippen LogP contribution < -0.4 is 5.32 Å². The van der Waals surface area contributed by atoms with Crippen molar-refractivity contribution in [2.24, 2.45) is 0 Å². The molecule has 1 aromatic heterocycles. The van der Waals surface area contributed by atoms with Crippen LogP contribution >= 0.6 is 0 Å². The van der Waals surface area contributed by atoms with E-state index in [4.69, 9.17) is 0 Å². The zero-order valence-electron chi connectivity index (χ0n) is 18.4. The first-order valence-electron chi connectivity index (χ1n) is 11.6. The van der Waals surface area contributed by atoms with Gasteiger partial charge in [-0.25, -0.2) is 4.79 Å². The highest BCUT2D eigenvalue weighted by Gasteiger charge is 2.51. The van der Waals surface area contributed by atoms with Gasteiger partial charge in [-0.05, 0) is 63.3 Å². The summed E-state index contributed by atoms with van der Waals surface area (Å²) in [6, 6.07) is 6.21. The van der Waals surface area contributed by atoms with E-state index in [9.17, 15) is 9.90 Å². The van der Waals surface area contributed by atoms with Crippen LogP contribution in [0.3, 0.4) is 0 Å². The van der Waals surface area contributed by atoms with E-state index in [1.54, 1.807) is 4.90 Å². The molecule has 162 valence electrons. The molecule has 2 unspecified atom stereocenters. The van der Waals surface area contributed by atoms with Gasteiger partial charge in [0.15, 0.2) is 0 Å². The molecule has 3 N–H and O–H groups in total. The zero-order chi connectivity index (χ0) is 21.0. The number of nitrogens with zero attached hydrogens (tertiary/aromatic N) is 2. The lowest BCUT2D eigenvalue weighted by molar-refractivity contribution is -0.0890. The van der Waals surface area contributed by atoms with Gasteiger partial charge in [0.05, 0.1) is 0 Å². The van der Waals surface area contributed by atoms with Crippen molar-refractivity contribution < 1.29 is 9.90 Å². The Labute approximate surface area is 178 Å². The van der Waals surface area contributed by atoms with Crippen LogP contribution in [-0.4, -0.2) is 64.7 Å². The van der Waals surface area contributed by atoms with Crippen LogP contribution in [-0.2, 0) is 12.0 Å². The molecule has 1 aromatic carbocycles. The second kappa shape index (κ2) is 7.27. The Morgan fingerprint density at radius 2 is 2.10 bits per heavy atom. The van der Waals surface area contributed by atoms with Gasteiger partial charge in [0.25, 0.3) is 0 Å². The SMILES string of the molecule is CCN(CC)C(=O)NC1CN(C)[C@@H]2Cc3c(C4CCC4)[nH]c4cccc(c34)C2(O)C1. The molecule has 6 nitrogen and oxygen atoms in total. The summed E-state index contributed by atoms with van der Waals surface area (Å²) in [5, 5.41) is 16.5. The first-order valence-corrected chi connectivity index (χ1v) is 11.6. The minimum absolute atomic E-state index is 0.0341. The number of fused-ring (bicyclic) bond motifs is 2. The molecule has 30 heavy (non-hydrogen) atoms. The summed E-state index contributed by atoms with van der Waals surface area (Å²) < 4.78 is 0. The Morgan fingerprint density at radius 1 is 1.33 bits per heavy atom. The summed E-state index contributed by atoms with van der Waals surface area (Å²) in [5.41, 5.74) is 4.03. The lowest BCUT2D eigenvalue weighted by Gasteiger charge is -2.51. The number of piperidine rings is 1. The van der Waals surface area contributed by atoms with Crippen molar-refractivity contribution in [3.8, 4) is 0 Å². The molecular weight excluding hydrogens is 376 g/mol. The molecule has 3 atom stereocenters. The third-order valence-corrected chi connectivity index (χ3v) is 7.87. The molecule has 1 saturated carbocycles. The zero-order valence-corrected chi connectivity index (χ0v) is 18.4. The topological polar surface area (TPSA) is 71.6 Å². The van der Waals surface area contributed by atoms with Crippen molar-refractivity contribution in [1.82, 2.24) is 20.1 Å². The number of carbonyl (C=O) groups is 1. The van der Waals surface area contributed by atoms with Gasteiger partial charge in [-0.2, -0.15) is 0 Å². The predicted octanol–water partition coefficient (Wildman–Crippen LogP) is 3.30. The highest BCUT2D eigenvalue weighted by Crippen LogP contribution is 2.49. The number of hydrogen-bond donors (Lipinski definition) is 3. The van der Waals surface area contributed by atoms with E-state index in [1.807, 2.05) is 13.8 Å². The number of H-pyrrole nitrogens is 1. The van der Waals surface area contributed by atoms with Gasteiger partial charge in [-0.1, -0.05) is 18.6 Å². The van der Waals surface area contributed by atoms with Crippen LogP contribution in [0.5, 0.6) is 0 Å². The monoisotopic (exact) mass is 410 g/mol. The second-order valence-electron chi connectivity index (χ2n) is 9.48. The largest absolute Gasteiger partial charge is 0.383 e. The van der Waals surface area contributed by atoms with E-state index in [2.05, 4.69) is 40.4 Å². The summed E-state index contributed by atoms with van der Waals surface area (Å²) in [5.74, 6) is 0.640. The van der Waals surface area contributed by atoms with Crippen molar-refractivity contribution in [2.45, 2.75) is 69.6 Å². The number of benzene rings is 1. The Kier molecular flexibility index (Phi) is 4.82. The number of aromatic nitrogens is 1. The Bertz CT molecular complexity index is 962. The number of rotatable bonds is 4. The Balaban J connectivity index is 1.51. The van der Waals surface area contributed by atoms with Gasteiger partial charge in [0.1, 0.15) is 5.60 Å². The van der Waals surface area contributed by atoms with Crippen LogP contribution in [0, 0.1) is 0 Å². The van der Waals surface area contributed by atoms with Gasteiger partial charge in [-0.15, -0.1) is 0 Å². The molecule has 2 fully saturated rings. The maximum atomic E-state index is 12.7. The molecular formula is C24H34N4O2. The second-order valence-corrected chi connectivity index (χ2v) is 9.48. The standard InChI is InChI=1S/C24H34N4O2/c1-4-28(5-2)23(29)25-16-13-24(30)18-10-7-11-19-21(18)17(12-20(24)27(3)14-16)22(26-19)15-8-6-9-15/h7,10-11,15-16,20,26,30H,4-6,8-9,12-14H2,1-3H3,(H,25,29)/t16?,20-,24?/m1/s1. The van der Waals surface area contributed by atoms with Gasteiger partial charge in [-0.3, -0.25) is 4.90 Å². The normalized spacial score (nSPS) is 28.8. The number of aliphatic hydroxyl groups is 1. The first-order chi connectivity index (χ1) is 14.5. The molecule has 5 rings (SSSR count). The minimum Gasteiger partial charge on any atom is -0.383 e. The molecule has 6 heteroatoms. The average Bonchev–Trinajstić information content (AvgIpc) is 3.02. The number of urea groups is 1. The van der Waals surface area contributed by atoms with Crippen LogP contribution in [0.15, 0.2) is 18.2 Å². The van der Waals surface area contributed by atoms with Crippen LogP contribution in [0.2, 0.25) is 0 Å². The summed E-state index contributed by atoms with van der Waals surface area (Å²) in [4.78, 5) is 20.4. The number of likely N-dealkylation sites (N-methyl/N-ethyl adjacent to an activating group) is 1. The smallest absolute Gasteiger partial charge is 0.317 e. The average molecular weight is 411 g/mol. The fourth-order valence-electron chi connectivity index (χ4n) is 6.05. The molecule has 3 aliphatic rings. The van der Waals surface area contributed by atoms with Crippen molar-refractivity contribution >= 4 is 16.9 Å². The Hall–Kier alpha value is -2.05. The summed E-state index contributed by atoms with van der Waals surface area (Å²) >= 11 is 0. The van der Waals surface area contributed by atoms with Crippen molar-refractivity contribution in [2.75, 3.05) is 26.7 Å². The molecule has 2 aliphatic carbocycles. The van der Waals surface area contributed by atoms with Crippen molar-refractivity contribution in [1.29, 1.82) is 0 Å². The fourth-order valence-corrected chi connectivity index (χ4v) is 6.05. The van der Waals surface area contributed by atoms with E-state index in [-0.39, 0.29) is 18.1 Å². The number of carbonyl (C=O) groups excluding carboxylic acids is 1. The number of likely N-dealkylation sites (tertiary alicyclic amines) is 1. The third-order valence-electron chi connectivity index (χ3n) is 7.87. The molecule has 0 spiro atoms. The number of nitrogens with one attached hydrogen (secondary N) is 2. The third kappa shape index (κ3) is 2.88. The first kappa shape index (κ1) is 19.9. The summed E-state index contributed by atoms with van der Waals surface area (Å²) in [6.07, 6.45) is 5.26. The van der Waals surface area contributed by atoms with Gasteiger partial charge < -0.3 is 20.3 Å². The predicted molar refractivity (Wildman–Crippen MR) is 119 cm³/mol.